The van der Waals surface area contributed by atoms with Crippen molar-refractivity contribution < 1.29 is 4.79 Å². The molecule has 0 saturated heterocycles. The number of hydrogen-bond acceptors (Lipinski definition) is 2. The van der Waals surface area contributed by atoms with Gasteiger partial charge in [0.05, 0.1) is 12.0 Å². The van der Waals surface area contributed by atoms with Gasteiger partial charge in [0.2, 0.25) is 5.91 Å². The molecular formula is C15H17NOS. The summed E-state index contributed by atoms with van der Waals surface area (Å²) in [5.74, 6) is 0.0614. The molecule has 1 heterocycles. The summed E-state index contributed by atoms with van der Waals surface area (Å²) in [5.41, 5.74) is 0.778. The van der Waals surface area contributed by atoms with Gasteiger partial charge >= 0.3 is 0 Å². The van der Waals surface area contributed by atoms with Crippen LogP contribution in [0.1, 0.15) is 24.3 Å². The van der Waals surface area contributed by atoms with Gasteiger partial charge in [-0.15, -0.1) is 11.3 Å². The fourth-order valence-electron chi connectivity index (χ4n) is 1.89. The molecule has 1 amide bonds. The maximum Gasteiger partial charge on any atom is 0.225 e. The fourth-order valence-corrected chi connectivity index (χ4v) is 2.59. The van der Waals surface area contributed by atoms with E-state index in [-0.39, 0.29) is 11.4 Å². The van der Waals surface area contributed by atoms with Crippen molar-refractivity contribution in [1.82, 2.24) is 5.32 Å². The van der Waals surface area contributed by atoms with Gasteiger partial charge in [0.1, 0.15) is 0 Å². The maximum absolute atomic E-state index is 12.0. The highest BCUT2D eigenvalue weighted by molar-refractivity contribution is 7.10. The van der Waals surface area contributed by atoms with Crippen LogP contribution in [-0.4, -0.2) is 5.91 Å². The first-order valence-corrected chi connectivity index (χ1v) is 6.85. The Morgan fingerprint density at radius 2 is 1.89 bits per heavy atom. The van der Waals surface area contributed by atoms with Crippen molar-refractivity contribution in [3.05, 3.63) is 58.3 Å². The smallest absolute Gasteiger partial charge is 0.225 e. The Morgan fingerprint density at radius 1 is 1.17 bits per heavy atom. The van der Waals surface area contributed by atoms with Crippen LogP contribution in [-0.2, 0) is 16.8 Å². The topological polar surface area (TPSA) is 29.1 Å². The summed E-state index contributed by atoms with van der Waals surface area (Å²) in [6.07, 6.45) is 0.452. The monoisotopic (exact) mass is 259 g/mol. The molecule has 0 spiro atoms. The third kappa shape index (κ3) is 3.20. The Morgan fingerprint density at radius 3 is 2.50 bits per heavy atom. The van der Waals surface area contributed by atoms with Crippen molar-refractivity contribution in [1.29, 1.82) is 0 Å². The Balaban J connectivity index is 2.02. The second-order valence-corrected chi connectivity index (χ2v) is 5.83. The largest absolute Gasteiger partial charge is 0.347 e. The molecule has 0 aliphatic rings. The molecule has 0 atom stereocenters. The van der Waals surface area contributed by atoms with E-state index in [1.165, 1.54) is 0 Å². The van der Waals surface area contributed by atoms with E-state index in [0.717, 1.165) is 10.4 Å². The van der Waals surface area contributed by atoms with E-state index in [4.69, 9.17) is 0 Å². The summed E-state index contributed by atoms with van der Waals surface area (Å²) in [4.78, 5) is 13.1. The first-order chi connectivity index (χ1) is 8.58. The number of nitrogens with one attached hydrogen (secondary N) is 1. The van der Waals surface area contributed by atoms with Crippen LogP contribution in [0.4, 0.5) is 0 Å². The SMILES string of the molecule is CC(C)(NC(=O)Cc1cccs1)c1ccccc1. The molecule has 0 radical (unpaired) electrons. The zero-order chi connectivity index (χ0) is 13.0. The third-order valence-electron chi connectivity index (χ3n) is 2.86. The fraction of sp³-hybridized carbons (Fsp3) is 0.267. The highest BCUT2D eigenvalue weighted by atomic mass is 32.1. The van der Waals surface area contributed by atoms with Crippen molar-refractivity contribution >= 4 is 17.2 Å². The highest BCUT2D eigenvalue weighted by Crippen LogP contribution is 2.20. The number of carbonyl (C=O) groups is 1. The summed E-state index contributed by atoms with van der Waals surface area (Å²) >= 11 is 1.61. The number of amides is 1. The van der Waals surface area contributed by atoms with E-state index in [0.29, 0.717) is 6.42 Å². The van der Waals surface area contributed by atoms with Crippen molar-refractivity contribution in [2.24, 2.45) is 0 Å². The van der Waals surface area contributed by atoms with E-state index in [9.17, 15) is 4.79 Å². The molecule has 2 aromatic rings. The van der Waals surface area contributed by atoms with Crippen LogP contribution in [0.5, 0.6) is 0 Å². The van der Waals surface area contributed by atoms with Crippen LogP contribution in [0.2, 0.25) is 0 Å². The zero-order valence-electron chi connectivity index (χ0n) is 10.6. The molecular weight excluding hydrogens is 242 g/mol. The molecule has 0 unspecified atom stereocenters. The lowest BCUT2D eigenvalue weighted by Crippen LogP contribution is -2.41. The van der Waals surface area contributed by atoms with E-state index in [1.807, 2.05) is 61.7 Å². The van der Waals surface area contributed by atoms with E-state index in [2.05, 4.69) is 5.32 Å². The second-order valence-electron chi connectivity index (χ2n) is 4.80. The summed E-state index contributed by atoms with van der Waals surface area (Å²) < 4.78 is 0. The molecule has 3 heteroatoms. The molecule has 1 aromatic heterocycles. The van der Waals surface area contributed by atoms with E-state index < -0.39 is 0 Å². The van der Waals surface area contributed by atoms with Gasteiger partial charge in [0, 0.05) is 4.88 Å². The van der Waals surface area contributed by atoms with Gasteiger partial charge in [-0.2, -0.15) is 0 Å². The molecule has 0 saturated carbocycles. The number of carbonyl (C=O) groups excluding carboxylic acids is 1. The molecule has 1 aromatic carbocycles. The van der Waals surface area contributed by atoms with Crippen LogP contribution in [0, 0.1) is 0 Å². The lowest BCUT2D eigenvalue weighted by molar-refractivity contribution is -0.122. The summed E-state index contributed by atoms with van der Waals surface area (Å²) in [6.45, 7) is 4.04. The minimum absolute atomic E-state index is 0.0614. The summed E-state index contributed by atoms with van der Waals surface area (Å²) in [5, 5.41) is 5.07. The molecule has 2 nitrogen and oxygen atoms in total. The van der Waals surface area contributed by atoms with Crippen LogP contribution in [0.25, 0.3) is 0 Å². The molecule has 18 heavy (non-hydrogen) atoms. The summed E-state index contributed by atoms with van der Waals surface area (Å²) in [6, 6.07) is 14.0. The average Bonchev–Trinajstić information content (AvgIpc) is 2.82. The standard InChI is InChI=1S/C15H17NOS/c1-15(2,12-7-4-3-5-8-12)16-14(17)11-13-9-6-10-18-13/h3-10H,11H2,1-2H3,(H,16,17). The minimum atomic E-state index is -0.338. The Hall–Kier alpha value is -1.61. The second kappa shape index (κ2) is 5.36. The third-order valence-corrected chi connectivity index (χ3v) is 3.74. The predicted octanol–water partition coefficient (Wildman–Crippen LogP) is 3.34. The first-order valence-electron chi connectivity index (χ1n) is 5.97. The minimum Gasteiger partial charge on any atom is -0.347 e. The number of benzene rings is 1. The molecule has 0 aliphatic heterocycles. The molecule has 0 fully saturated rings. The normalized spacial score (nSPS) is 11.2. The van der Waals surface area contributed by atoms with Crippen molar-refractivity contribution in [2.75, 3.05) is 0 Å². The van der Waals surface area contributed by atoms with Crippen LogP contribution >= 0.6 is 11.3 Å². The van der Waals surface area contributed by atoms with Gasteiger partial charge in [0.15, 0.2) is 0 Å². The number of rotatable bonds is 4. The van der Waals surface area contributed by atoms with E-state index in [1.54, 1.807) is 11.3 Å². The van der Waals surface area contributed by atoms with Crippen molar-refractivity contribution in [2.45, 2.75) is 25.8 Å². The molecule has 1 N–H and O–H groups in total. The van der Waals surface area contributed by atoms with Crippen molar-refractivity contribution in [3.63, 3.8) is 0 Å². The van der Waals surface area contributed by atoms with Gasteiger partial charge in [-0.05, 0) is 30.9 Å². The van der Waals surface area contributed by atoms with Gasteiger partial charge in [-0.3, -0.25) is 4.79 Å². The molecule has 0 bridgehead atoms. The molecule has 94 valence electrons. The lowest BCUT2D eigenvalue weighted by atomic mass is 9.94. The predicted molar refractivity (Wildman–Crippen MR) is 75.6 cm³/mol. The van der Waals surface area contributed by atoms with Crippen LogP contribution in [0.3, 0.4) is 0 Å². The van der Waals surface area contributed by atoms with Crippen molar-refractivity contribution in [3.8, 4) is 0 Å². The van der Waals surface area contributed by atoms with Crippen LogP contribution < -0.4 is 5.32 Å². The molecule has 0 aliphatic carbocycles. The maximum atomic E-state index is 12.0. The van der Waals surface area contributed by atoms with Gasteiger partial charge in [-0.25, -0.2) is 0 Å². The van der Waals surface area contributed by atoms with Gasteiger partial charge < -0.3 is 5.32 Å². The van der Waals surface area contributed by atoms with E-state index >= 15 is 0 Å². The Kier molecular flexibility index (Phi) is 3.82. The first kappa shape index (κ1) is 12.8. The van der Waals surface area contributed by atoms with Gasteiger partial charge in [-0.1, -0.05) is 36.4 Å². The van der Waals surface area contributed by atoms with Crippen LogP contribution in [0.15, 0.2) is 47.8 Å². The Labute approximate surface area is 112 Å². The molecule has 2 rings (SSSR count). The Bertz CT molecular complexity index is 503. The summed E-state index contributed by atoms with van der Waals surface area (Å²) in [7, 11) is 0. The average molecular weight is 259 g/mol. The quantitative estimate of drug-likeness (QED) is 0.896. The number of hydrogen-bond donors (Lipinski definition) is 1. The van der Waals surface area contributed by atoms with Gasteiger partial charge in [0.25, 0.3) is 0 Å². The lowest BCUT2D eigenvalue weighted by Gasteiger charge is -2.26. The highest BCUT2D eigenvalue weighted by Gasteiger charge is 2.22. The number of thiophene rings is 1. The zero-order valence-corrected chi connectivity index (χ0v) is 11.5.